The van der Waals surface area contributed by atoms with Crippen LogP contribution in [0, 0.1) is 0 Å². The van der Waals surface area contributed by atoms with Crippen LogP contribution in [0.3, 0.4) is 0 Å². The summed E-state index contributed by atoms with van der Waals surface area (Å²) < 4.78 is 0. The number of unbranched alkanes of at least 4 members (excludes halogenated alkanes) is 2. The summed E-state index contributed by atoms with van der Waals surface area (Å²) in [7, 11) is 0. The number of hydrogen-bond acceptors (Lipinski definition) is 9. The van der Waals surface area contributed by atoms with E-state index >= 15 is 0 Å². The molecule has 0 aromatic rings. The van der Waals surface area contributed by atoms with Crippen LogP contribution in [0.1, 0.15) is 26.2 Å². The number of hydrogen-bond donors (Lipinski definition) is 1. The third-order valence-corrected chi connectivity index (χ3v) is 0.808. The first kappa shape index (κ1) is 38.3. The molecule has 0 rings (SSSR count). The van der Waals surface area contributed by atoms with E-state index in [-0.39, 0.29) is 58.4 Å². The maximum absolute atomic E-state index is 9.29. The molecule has 0 aromatic carbocycles. The van der Waals surface area contributed by atoms with Crippen molar-refractivity contribution in [1.82, 2.24) is 0 Å². The zero-order valence-corrected chi connectivity index (χ0v) is 24.6. The predicted molar refractivity (Wildman–Crippen MR) is 71.9 cm³/mol. The van der Waals surface area contributed by atoms with Crippen LogP contribution in [0.2, 0.25) is 0 Å². The van der Waals surface area contributed by atoms with Gasteiger partial charge in [-0.2, -0.15) is 23.6 Å². The van der Waals surface area contributed by atoms with Gasteiger partial charge in [0.2, 0.25) is 0 Å². The Bertz CT molecular complexity index is 202. The van der Waals surface area contributed by atoms with Crippen LogP contribution < -0.4 is 25.3 Å². The van der Waals surface area contributed by atoms with Crippen molar-refractivity contribution in [3.05, 3.63) is 0 Å². The fourth-order valence-electron chi connectivity index (χ4n) is 0.394. The van der Waals surface area contributed by atoms with Crippen molar-refractivity contribution in [2.24, 2.45) is 5.73 Å². The van der Waals surface area contributed by atoms with E-state index in [0.717, 1.165) is 6.54 Å². The van der Waals surface area contributed by atoms with E-state index in [4.69, 9.17) is 5.73 Å². The van der Waals surface area contributed by atoms with E-state index in [2.05, 4.69) is 55.0 Å². The average Bonchev–Trinajstić information content (AvgIpc) is 1.94. The second-order valence-electron chi connectivity index (χ2n) is 2.39. The van der Waals surface area contributed by atoms with Gasteiger partial charge in [0.05, 0.1) is 0 Å². The Morgan fingerprint density at radius 1 is 0.895 bits per heavy atom. The van der Waals surface area contributed by atoms with Crippen LogP contribution in [0.15, 0.2) is 0 Å². The molecule has 0 radical (unpaired) electrons. The summed E-state index contributed by atoms with van der Waals surface area (Å²) in [6.45, 7) is 3.03. The Kier molecular flexibility index (Phi) is 48.2. The third-order valence-electron chi connectivity index (χ3n) is 0.808. The van der Waals surface area contributed by atoms with E-state index in [1.165, 1.54) is 19.3 Å². The molecule has 0 aliphatic heterocycles. The molecule has 0 aromatic heterocycles. The minimum absolute atomic E-state index is 0. The average molecular weight is 538 g/mol. The quantitative estimate of drug-likeness (QED) is 0.190. The zero-order valence-electron chi connectivity index (χ0n) is 10.7. The predicted octanol–water partition coefficient (Wildman–Crippen LogP) is -1.92. The van der Waals surface area contributed by atoms with Crippen molar-refractivity contribution in [1.29, 1.82) is 0 Å². The van der Waals surface area contributed by atoms with Crippen molar-refractivity contribution in [2.75, 3.05) is 6.54 Å². The molecule has 0 aliphatic carbocycles. The van der Waals surface area contributed by atoms with Crippen LogP contribution in [0.5, 0.6) is 0 Å². The minimum atomic E-state index is -3.72. The minimum Gasteiger partial charge on any atom is -0.850 e. The molecule has 19 heavy (non-hydrogen) atoms. The maximum atomic E-state index is 9.29. The standard InChI is InChI=1S/C5H13N.2H3O2PS2.3Zn/c1-2-3-4-5-6;2*1-3(2,4)5;;;/h2-6H2,1H3;2*(H3,1,2,4,5);;;/q;;;3*+2/p-6. The van der Waals surface area contributed by atoms with Crippen LogP contribution in [-0.2, 0) is 107 Å². The zero-order chi connectivity index (χ0) is 13.8. The largest absolute Gasteiger partial charge is 2.00 e. The Morgan fingerprint density at radius 3 is 1.16 bits per heavy atom. The van der Waals surface area contributed by atoms with Gasteiger partial charge in [0.25, 0.3) is 0 Å². The molecule has 5 nitrogen and oxygen atoms in total. The van der Waals surface area contributed by atoms with E-state index in [9.17, 15) is 19.6 Å². The molecule has 0 unspecified atom stereocenters. The molecule has 14 heteroatoms. The second-order valence-corrected chi connectivity index (χ2v) is 11.3. The topological polar surface area (TPSA) is 118 Å². The van der Waals surface area contributed by atoms with E-state index < -0.39 is 11.4 Å². The first-order chi connectivity index (χ1) is 6.91. The van der Waals surface area contributed by atoms with Crippen molar-refractivity contribution < 1.29 is 78.0 Å². The normalized spacial score (nSPS) is 9.05. The summed E-state index contributed by atoms with van der Waals surface area (Å²) in [5.41, 5.74) is -2.23. The SMILES string of the molecule is CCCCCN.[O-]P([O-])(=S)[S-].[O-]P([O-])(=S)[S-].[Zn+2].[Zn+2].[Zn+2]. The Morgan fingerprint density at radius 2 is 1.11 bits per heavy atom. The first-order valence-electron chi connectivity index (χ1n) is 4.08. The van der Waals surface area contributed by atoms with Gasteiger partial charge in [-0.05, 0) is 13.0 Å². The van der Waals surface area contributed by atoms with Gasteiger partial charge in [-0.1, -0.05) is 19.8 Å². The molecule has 0 aliphatic rings. The Hall–Kier alpha value is 3.67. The molecule has 0 atom stereocenters. The Labute approximate surface area is 174 Å². The summed E-state index contributed by atoms with van der Waals surface area (Å²) in [5, 5.41) is 0. The van der Waals surface area contributed by atoms with Crippen molar-refractivity contribution in [3.8, 4) is 0 Å². The van der Waals surface area contributed by atoms with Crippen molar-refractivity contribution in [3.63, 3.8) is 0 Å². The van der Waals surface area contributed by atoms with Gasteiger partial charge in [-0.3, -0.25) is 0 Å². The first-order valence-corrected chi connectivity index (χ1v) is 11.4. The molecule has 0 amide bonds. The van der Waals surface area contributed by atoms with Gasteiger partial charge in [0.1, 0.15) is 0 Å². The fraction of sp³-hybridized carbons (Fsp3) is 1.00. The van der Waals surface area contributed by atoms with Gasteiger partial charge in [-0.25, -0.2) is 0 Å². The van der Waals surface area contributed by atoms with Gasteiger partial charge in [0.15, 0.2) is 0 Å². The Balaban J connectivity index is -0.0000000311. The molecular weight excluding hydrogens is 524 g/mol. The van der Waals surface area contributed by atoms with Gasteiger partial charge >= 0.3 is 58.4 Å². The molecule has 0 spiro atoms. The molecule has 2 N–H and O–H groups in total. The van der Waals surface area contributed by atoms with Crippen LogP contribution in [-0.4, -0.2) is 6.54 Å². The van der Waals surface area contributed by atoms with Gasteiger partial charge < -0.3 is 61.2 Å². The van der Waals surface area contributed by atoms with E-state index in [0.29, 0.717) is 0 Å². The maximum Gasteiger partial charge on any atom is 2.00 e. The van der Waals surface area contributed by atoms with E-state index in [1.54, 1.807) is 0 Å². The summed E-state index contributed by atoms with van der Waals surface area (Å²) >= 11 is 14.6. The molecule has 0 saturated heterocycles. The number of rotatable bonds is 3. The second kappa shape index (κ2) is 23.9. The number of nitrogens with two attached hydrogens (primary N) is 1. The fourth-order valence-corrected chi connectivity index (χ4v) is 0.394. The van der Waals surface area contributed by atoms with E-state index in [1.807, 2.05) is 0 Å². The smallest absolute Gasteiger partial charge is 0.850 e. The van der Waals surface area contributed by atoms with Crippen LogP contribution >= 0.6 is 11.4 Å². The molecule has 0 bridgehead atoms. The van der Waals surface area contributed by atoms with Crippen molar-refractivity contribution in [2.45, 2.75) is 26.2 Å². The molecule has 0 saturated carbocycles. The summed E-state index contributed by atoms with van der Waals surface area (Å²) in [5.74, 6) is 0. The van der Waals surface area contributed by atoms with Crippen LogP contribution in [0.25, 0.3) is 0 Å². The third kappa shape index (κ3) is 188. The monoisotopic (exact) mass is 533 g/mol. The summed E-state index contributed by atoms with van der Waals surface area (Å²) in [6, 6.07) is 0. The summed E-state index contributed by atoms with van der Waals surface area (Å²) in [6.07, 6.45) is 3.75. The summed E-state index contributed by atoms with van der Waals surface area (Å²) in [4.78, 5) is 37.2. The van der Waals surface area contributed by atoms with Gasteiger partial charge in [-0.15, -0.1) is 0 Å². The molecule has 0 fully saturated rings. The van der Waals surface area contributed by atoms with Crippen molar-refractivity contribution >= 4 is 59.5 Å². The molecular formula is C5H13NO4P2S4Zn3. The van der Waals surface area contributed by atoms with Gasteiger partial charge in [0, 0.05) is 0 Å². The van der Waals surface area contributed by atoms with Crippen LogP contribution in [0.4, 0.5) is 0 Å². The molecule has 0 heterocycles. The molecule has 102 valence electrons.